The van der Waals surface area contributed by atoms with Gasteiger partial charge in [-0.3, -0.25) is 4.79 Å². The van der Waals surface area contributed by atoms with Gasteiger partial charge in [0.25, 0.3) is 5.91 Å². The van der Waals surface area contributed by atoms with E-state index in [-0.39, 0.29) is 5.91 Å². The molecule has 1 amide bonds. The fourth-order valence-corrected chi connectivity index (χ4v) is 4.38. The molecule has 1 aliphatic carbocycles. The summed E-state index contributed by atoms with van der Waals surface area (Å²) in [5.41, 5.74) is -4.03. The van der Waals surface area contributed by atoms with Gasteiger partial charge in [0.15, 0.2) is 0 Å². The molecule has 0 spiro atoms. The van der Waals surface area contributed by atoms with E-state index < -0.39 is 26.9 Å². The molecule has 1 N–H and O–H groups in total. The van der Waals surface area contributed by atoms with Crippen molar-refractivity contribution in [3.8, 4) is 11.5 Å². The van der Waals surface area contributed by atoms with Crippen molar-refractivity contribution < 1.29 is 35.3 Å². The third-order valence-corrected chi connectivity index (χ3v) is 7.09. The van der Waals surface area contributed by atoms with Crippen LogP contribution in [-0.2, 0) is 15.7 Å². The lowest BCUT2D eigenvalue weighted by Gasteiger charge is -2.23. The molecule has 0 bridgehead atoms. The van der Waals surface area contributed by atoms with Gasteiger partial charge in [0.2, 0.25) is 0 Å². The Hall–Kier alpha value is -3.31. The summed E-state index contributed by atoms with van der Waals surface area (Å²) >= 11 is 0. The third-order valence-electron chi connectivity index (χ3n) is 6.11. The van der Waals surface area contributed by atoms with E-state index in [9.17, 15) is 26.4 Å². The van der Waals surface area contributed by atoms with Crippen LogP contribution in [-0.4, -0.2) is 52.0 Å². The number of halogens is 3. The van der Waals surface area contributed by atoms with E-state index in [2.05, 4.69) is 16.1 Å². The van der Waals surface area contributed by atoms with E-state index in [1.807, 2.05) is 19.0 Å². The Labute approximate surface area is 221 Å². The zero-order chi connectivity index (χ0) is 28.3. The number of rotatable bonds is 11. The molecule has 2 aromatic rings. The predicted octanol–water partition coefficient (Wildman–Crippen LogP) is 5.26. The van der Waals surface area contributed by atoms with Crippen LogP contribution in [0.2, 0.25) is 0 Å². The van der Waals surface area contributed by atoms with E-state index in [1.54, 1.807) is 44.2 Å². The Morgan fingerprint density at radius 3 is 2.42 bits per heavy atom. The number of benzene rings is 2. The number of carbonyl (C=O) groups is 1. The summed E-state index contributed by atoms with van der Waals surface area (Å²) in [5.74, 6) is -0.379. The molecule has 0 aromatic heterocycles. The van der Waals surface area contributed by atoms with Gasteiger partial charge in [-0.15, -0.1) is 0 Å². The third kappa shape index (κ3) is 6.57. The van der Waals surface area contributed by atoms with Crippen molar-refractivity contribution >= 4 is 28.2 Å². The van der Waals surface area contributed by atoms with Gasteiger partial charge >= 0.3 is 15.6 Å². The largest absolute Gasteiger partial charge is 0.534 e. The summed E-state index contributed by atoms with van der Waals surface area (Å²) in [6.45, 7) is 8.38. The smallest absolute Gasteiger partial charge is 0.492 e. The number of hydrogen-bond acceptors (Lipinski definition) is 6. The first kappa shape index (κ1) is 29.2. The summed E-state index contributed by atoms with van der Waals surface area (Å²) in [6.07, 6.45) is 5.84. The van der Waals surface area contributed by atoms with Gasteiger partial charge in [0.1, 0.15) is 18.1 Å². The van der Waals surface area contributed by atoms with Gasteiger partial charge in [-0.05, 0) is 87.3 Å². The molecular weight excluding hydrogens is 521 g/mol. The zero-order valence-corrected chi connectivity index (χ0v) is 22.5. The molecule has 206 valence electrons. The molecule has 1 saturated carbocycles. The molecule has 11 heteroatoms. The number of ether oxygens (including phenoxy) is 1. The van der Waals surface area contributed by atoms with Gasteiger partial charge in [-0.1, -0.05) is 30.9 Å². The maximum atomic E-state index is 13.4. The van der Waals surface area contributed by atoms with Crippen LogP contribution in [0.3, 0.4) is 0 Å². The van der Waals surface area contributed by atoms with Crippen LogP contribution >= 0.6 is 0 Å². The highest BCUT2D eigenvalue weighted by molar-refractivity contribution is 7.88. The molecule has 0 heterocycles. The van der Waals surface area contributed by atoms with Crippen molar-refractivity contribution in [2.24, 2.45) is 0 Å². The molecule has 0 aliphatic heterocycles. The fraction of sp³-hybridized carbons (Fsp3) is 0.370. The zero-order valence-electron chi connectivity index (χ0n) is 21.7. The van der Waals surface area contributed by atoms with Crippen molar-refractivity contribution in [3.05, 3.63) is 70.8 Å². The van der Waals surface area contributed by atoms with Crippen LogP contribution in [0, 0.1) is 6.92 Å². The predicted molar refractivity (Wildman–Crippen MR) is 140 cm³/mol. The first-order chi connectivity index (χ1) is 17.7. The molecule has 3 rings (SSSR count). The molecule has 0 saturated heterocycles. The summed E-state index contributed by atoms with van der Waals surface area (Å²) < 4.78 is 72.5. The van der Waals surface area contributed by atoms with E-state index in [0.717, 1.165) is 0 Å². The highest BCUT2D eigenvalue weighted by Crippen LogP contribution is 2.49. The monoisotopic (exact) mass is 552 g/mol. The minimum atomic E-state index is -5.89. The lowest BCUT2D eigenvalue weighted by molar-refractivity contribution is -0.0500. The van der Waals surface area contributed by atoms with Crippen molar-refractivity contribution in [2.45, 2.75) is 37.7 Å². The van der Waals surface area contributed by atoms with Gasteiger partial charge < -0.3 is 19.1 Å². The number of nitrogens with zero attached hydrogens (tertiary/aromatic N) is 1. The number of allylic oxidation sites excluding steroid dienone is 1. The normalized spacial score (nSPS) is 14.9. The van der Waals surface area contributed by atoms with Crippen LogP contribution in [0.5, 0.6) is 11.5 Å². The first-order valence-electron chi connectivity index (χ1n) is 11.9. The number of amides is 1. The lowest BCUT2D eigenvalue weighted by atomic mass is 9.92. The minimum absolute atomic E-state index is 0.362. The van der Waals surface area contributed by atoms with E-state index in [1.165, 1.54) is 18.2 Å². The van der Waals surface area contributed by atoms with Crippen LogP contribution in [0.25, 0.3) is 12.2 Å². The highest BCUT2D eigenvalue weighted by atomic mass is 32.2. The van der Waals surface area contributed by atoms with Crippen LogP contribution in [0.1, 0.15) is 52.4 Å². The van der Waals surface area contributed by atoms with Gasteiger partial charge in [0, 0.05) is 12.1 Å². The first-order valence-corrected chi connectivity index (χ1v) is 13.3. The maximum Gasteiger partial charge on any atom is 0.534 e. The summed E-state index contributed by atoms with van der Waals surface area (Å²) in [4.78, 5) is 15.4. The van der Waals surface area contributed by atoms with Crippen molar-refractivity contribution in [3.63, 3.8) is 0 Å². The summed E-state index contributed by atoms with van der Waals surface area (Å²) in [6, 6.07) is 7.60. The number of carbonyl (C=O) groups excluding carboxylic acids is 1. The Bertz CT molecular complexity index is 1350. The van der Waals surface area contributed by atoms with Crippen LogP contribution in [0.4, 0.5) is 13.2 Å². The average molecular weight is 553 g/mol. The average Bonchev–Trinajstić information content (AvgIpc) is 3.60. The number of alkyl halides is 3. The SMILES string of the molecule is C=Cc1cc(OS(=O)(=O)C(F)(F)F)cc(C2(NC(=O)c3cc(OCCN(C)C)ccc3C)CC2)c1/C=C\C. The fourth-order valence-electron chi connectivity index (χ4n) is 3.94. The lowest BCUT2D eigenvalue weighted by Crippen LogP contribution is -2.36. The molecule has 7 nitrogen and oxygen atoms in total. The summed E-state index contributed by atoms with van der Waals surface area (Å²) in [7, 11) is -2.05. The van der Waals surface area contributed by atoms with E-state index in [4.69, 9.17) is 4.74 Å². The number of nitrogens with one attached hydrogen (secondary N) is 1. The molecule has 0 atom stereocenters. The Morgan fingerprint density at radius 2 is 1.87 bits per heavy atom. The molecular formula is C27H31F3N2O5S. The van der Waals surface area contributed by atoms with Gasteiger partial charge in [-0.2, -0.15) is 21.6 Å². The van der Waals surface area contributed by atoms with Crippen LogP contribution < -0.4 is 14.2 Å². The quantitative estimate of drug-likeness (QED) is 0.303. The molecule has 38 heavy (non-hydrogen) atoms. The van der Waals surface area contributed by atoms with Gasteiger partial charge in [0.05, 0.1) is 5.54 Å². The standard InChI is InChI=1S/C27H31F3N2O5S/c1-6-8-22-19(7-2)15-21(37-38(34,35)27(28,29)30)17-24(22)26(11-12-26)31-25(33)23-16-20(10-9-18(23)3)36-14-13-32(4)5/h6-10,15-17H,2,11-14H2,1,3-5H3,(H,31,33)/b8-6-. The topological polar surface area (TPSA) is 84.9 Å². The second kappa shape index (κ2) is 11.2. The number of aryl methyl sites for hydroxylation is 1. The number of hydrogen-bond donors (Lipinski definition) is 1. The van der Waals surface area contributed by atoms with Crippen molar-refractivity contribution in [1.82, 2.24) is 10.2 Å². The minimum Gasteiger partial charge on any atom is -0.492 e. The molecule has 2 aromatic carbocycles. The highest BCUT2D eigenvalue weighted by Gasteiger charge is 2.50. The van der Waals surface area contributed by atoms with Crippen LogP contribution in [0.15, 0.2) is 43.0 Å². The Balaban J connectivity index is 1.98. The van der Waals surface area contributed by atoms with Gasteiger partial charge in [-0.25, -0.2) is 0 Å². The second-order valence-electron chi connectivity index (χ2n) is 9.33. The molecule has 0 unspecified atom stereocenters. The summed E-state index contributed by atoms with van der Waals surface area (Å²) in [5, 5.41) is 3.01. The molecule has 0 radical (unpaired) electrons. The molecule has 1 aliphatic rings. The van der Waals surface area contributed by atoms with E-state index in [0.29, 0.717) is 59.6 Å². The second-order valence-corrected chi connectivity index (χ2v) is 10.9. The van der Waals surface area contributed by atoms with E-state index >= 15 is 0 Å². The van der Waals surface area contributed by atoms with Crippen molar-refractivity contribution in [1.29, 1.82) is 0 Å². The van der Waals surface area contributed by atoms with Crippen molar-refractivity contribution in [2.75, 3.05) is 27.2 Å². The Morgan fingerprint density at radius 1 is 1.18 bits per heavy atom. The molecule has 1 fully saturated rings. The number of likely N-dealkylation sites (N-methyl/N-ethyl adjacent to an activating group) is 1. The Kier molecular flexibility index (Phi) is 8.62. The maximum absolute atomic E-state index is 13.4.